The van der Waals surface area contributed by atoms with Crippen LogP contribution in [-0.4, -0.2) is 20.4 Å². The van der Waals surface area contributed by atoms with E-state index in [0.717, 1.165) is 0 Å². The van der Waals surface area contributed by atoms with E-state index in [1.807, 2.05) is 0 Å². The van der Waals surface area contributed by atoms with E-state index in [1.165, 1.54) is 24.3 Å². The van der Waals surface area contributed by atoms with Gasteiger partial charge in [0.2, 0.25) is 0 Å². The van der Waals surface area contributed by atoms with Gasteiger partial charge in [0.05, 0.1) is 11.6 Å². The molecule has 0 atom stereocenters. The first kappa shape index (κ1) is 14.7. The van der Waals surface area contributed by atoms with Crippen LogP contribution in [0.1, 0.15) is 0 Å². The third-order valence-corrected chi connectivity index (χ3v) is 2.99. The largest absolute Gasteiger partial charge is 1.00 e. The number of phenols is 4. The van der Waals surface area contributed by atoms with E-state index in [0.29, 0.717) is 22.3 Å². The molecule has 1 heterocycles. The third-order valence-electron chi connectivity index (χ3n) is 2.99. The normalized spacial score (nSPS) is 10.3. The van der Waals surface area contributed by atoms with Gasteiger partial charge in [0, 0.05) is 18.2 Å². The summed E-state index contributed by atoms with van der Waals surface area (Å²) in [5, 5.41) is 38.4. The summed E-state index contributed by atoms with van der Waals surface area (Å²) < 4.78 is 5.59. The minimum atomic E-state index is -0.253. The van der Waals surface area contributed by atoms with Gasteiger partial charge in [-0.05, 0) is 18.2 Å². The first-order valence-corrected chi connectivity index (χ1v) is 5.86. The van der Waals surface area contributed by atoms with Crippen molar-refractivity contribution in [3.8, 4) is 34.3 Å². The summed E-state index contributed by atoms with van der Waals surface area (Å²) in [5.74, 6) is -0.229. The number of hydrogen-bond acceptors (Lipinski definition) is 4. The zero-order chi connectivity index (χ0) is 14.3. The molecule has 4 N–H and O–H groups in total. The van der Waals surface area contributed by atoms with Gasteiger partial charge in [-0.3, -0.25) is 0 Å². The van der Waals surface area contributed by atoms with Crippen LogP contribution in [-0.2, 0) is 0 Å². The van der Waals surface area contributed by atoms with Crippen LogP contribution in [0.5, 0.6) is 23.0 Å². The van der Waals surface area contributed by atoms with Gasteiger partial charge >= 0.3 is 11.3 Å². The molecular weight excluding hydrogens is 296 g/mol. The molecule has 3 rings (SSSR count). The molecule has 5 nitrogen and oxygen atoms in total. The van der Waals surface area contributed by atoms with E-state index in [9.17, 15) is 20.4 Å². The average Bonchev–Trinajstić information content (AvgIpc) is 2.41. The smallest absolute Gasteiger partial charge is 0.368 e. The van der Waals surface area contributed by atoms with Crippen molar-refractivity contribution in [1.82, 2.24) is 0 Å². The Balaban J connectivity index is 0.00000161. The van der Waals surface area contributed by atoms with E-state index < -0.39 is 0 Å². The predicted octanol–water partition coefficient (Wildman–Crippen LogP) is 0.207. The van der Waals surface area contributed by atoms with E-state index >= 15 is 0 Å². The maximum atomic E-state index is 9.70. The van der Waals surface area contributed by atoms with Crippen LogP contribution in [0, 0.1) is 0 Å². The Morgan fingerprint density at radius 3 is 2.19 bits per heavy atom. The molecule has 0 saturated carbocycles. The predicted molar refractivity (Wildman–Crippen MR) is 72.7 cm³/mol. The monoisotopic (exact) mass is 306 g/mol. The molecule has 0 amide bonds. The first-order chi connectivity index (χ1) is 9.54. The van der Waals surface area contributed by atoms with Gasteiger partial charge in [-0.15, -0.1) is 0 Å². The van der Waals surface area contributed by atoms with Crippen molar-refractivity contribution in [2.45, 2.75) is 0 Å². The summed E-state index contributed by atoms with van der Waals surface area (Å²) in [4.78, 5) is 0. The molecule has 0 aliphatic heterocycles. The Kier molecular flexibility index (Phi) is 3.78. The minimum Gasteiger partial charge on any atom is -1.00 e. The van der Waals surface area contributed by atoms with Crippen molar-refractivity contribution in [3.63, 3.8) is 0 Å². The van der Waals surface area contributed by atoms with Crippen LogP contribution in [0.2, 0.25) is 0 Å². The molecule has 1 aromatic heterocycles. The summed E-state index contributed by atoms with van der Waals surface area (Å²) in [5.41, 5.74) is 0.873. The topological polar surface area (TPSA) is 92.2 Å². The van der Waals surface area contributed by atoms with Crippen LogP contribution in [0.15, 0.2) is 46.9 Å². The highest BCUT2D eigenvalue weighted by Crippen LogP contribution is 2.35. The Hall–Kier alpha value is -2.66. The quantitative estimate of drug-likeness (QED) is 0.381. The minimum absolute atomic E-state index is 0. The Morgan fingerprint density at radius 2 is 1.48 bits per heavy atom. The highest BCUT2D eigenvalue weighted by atomic mass is 35.5. The standard InChI is InChI=1S/C15H10O5.ClH/c16-9-6-12(18)10-2-4-14(20-15(10)7-9)8-1-3-11(17)13(19)5-8;/h1-7H,(H3-,16,17,18,19);1H. The second kappa shape index (κ2) is 5.38. The number of rotatable bonds is 1. The van der Waals surface area contributed by atoms with E-state index in [1.54, 1.807) is 18.2 Å². The summed E-state index contributed by atoms with van der Waals surface area (Å²) in [6.45, 7) is 0. The van der Waals surface area contributed by atoms with E-state index in [4.69, 9.17) is 4.42 Å². The summed E-state index contributed by atoms with van der Waals surface area (Å²) in [7, 11) is 0. The molecule has 0 bridgehead atoms. The van der Waals surface area contributed by atoms with Crippen molar-refractivity contribution >= 4 is 11.0 Å². The van der Waals surface area contributed by atoms with Crippen LogP contribution in [0.3, 0.4) is 0 Å². The summed E-state index contributed by atoms with van der Waals surface area (Å²) >= 11 is 0. The molecule has 108 valence electrons. The molecule has 0 aliphatic rings. The molecule has 0 radical (unpaired) electrons. The fraction of sp³-hybridized carbons (Fsp3) is 0. The SMILES string of the molecule is Oc1cc(O)c2ccc(-c3ccc(O)c(O)c3)[o+]c2c1.[Cl-]. The average molecular weight is 307 g/mol. The lowest BCUT2D eigenvalue weighted by Gasteiger charge is -1.99. The number of phenolic OH excluding ortho intramolecular Hbond substituents is 4. The van der Waals surface area contributed by atoms with Gasteiger partial charge in [-0.25, -0.2) is 4.42 Å². The van der Waals surface area contributed by atoms with Gasteiger partial charge in [0.15, 0.2) is 11.5 Å². The van der Waals surface area contributed by atoms with Crippen molar-refractivity contribution < 1.29 is 37.3 Å². The molecule has 0 unspecified atom stereocenters. The molecule has 6 heteroatoms. The van der Waals surface area contributed by atoms with Crippen LogP contribution < -0.4 is 12.4 Å². The maximum Gasteiger partial charge on any atom is 0.368 e. The molecule has 3 aromatic rings. The maximum absolute atomic E-state index is 9.70. The van der Waals surface area contributed by atoms with Gasteiger partial charge in [0.1, 0.15) is 16.9 Å². The zero-order valence-electron chi connectivity index (χ0n) is 10.6. The number of fused-ring (bicyclic) bond motifs is 1. The zero-order valence-corrected chi connectivity index (χ0v) is 11.4. The molecule has 0 fully saturated rings. The third kappa shape index (κ3) is 2.64. The van der Waals surface area contributed by atoms with Crippen molar-refractivity contribution in [1.29, 1.82) is 0 Å². The number of aromatic hydroxyl groups is 4. The van der Waals surface area contributed by atoms with Crippen molar-refractivity contribution in [2.24, 2.45) is 0 Å². The highest BCUT2D eigenvalue weighted by Gasteiger charge is 2.18. The number of hydrogen-bond donors (Lipinski definition) is 4. The lowest BCUT2D eigenvalue weighted by molar-refractivity contribution is -0.00000839. The van der Waals surface area contributed by atoms with Gasteiger partial charge in [-0.2, -0.15) is 0 Å². The molecule has 2 aromatic carbocycles. The second-order valence-electron chi connectivity index (χ2n) is 4.38. The lowest BCUT2D eigenvalue weighted by Crippen LogP contribution is -3.00. The molecule has 0 aliphatic carbocycles. The first-order valence-electron chi connectivity index (χ1n) is 5.86. The summed E-state index contributed by atoms with van der Waals surface area (Å²) in [6, 6.07) is 10.2. The number of benzene rings is 2. The van der Waals surface area contributed by atoms with Crippen molar-refractivity contribution in [2.75, 3.05) is 0 Å². The highest BCUT2D eigenvalue weighted by molar-refractivity contribution is 5.86. The van der Waals surface area contributed by atoms with Gasteiger partial charge in [0.25, 0.3) is 0 Å². The Labute approximate surface area is 125 Å². The fourth-order valence-electron chi connectivity index (χ4n) is 1.99. The van der Waals surface area contributed by atoms with Crippen LogP contribution in [0.25, 0.3) is 22.3 Å². The fourth-order valence-corrected chi connectivity index (χ4v) is 1.99. The van der Waals surface area contributed by atoms with Crippen LogP contribution in [0.4, 0.5) is 0 Å². The molecule has 21 heavy (non-hydrogen) atoms. The second-order valence-corrected chi connectivity index (χ2v) is 4.38. The Morgan fingerprint density at radius 1 is 0.714 bits per heavy atom. The van der Waals surface area contributed by atoms with Crippen molar-refractivity contribution in [3.05, 3.63) is 42.5 Å². The lowest BCUT2D eigenvalue weighted by atomic mass is 10.1. The number of halogens is 1. The van der Waals surface area contributed by atoms with Gasteiger partial charge in [-0.1, -0.05) is 0 Å². The van der Waals surface area contributed by atoms with Crippen LogP contribution >= 0.6 is 0 Å². The molecular formula is C15H11ClO5. The molecule has 0 spiro atoms. The van der Waals surface area contributed by atoms with Gasteiger partial charge < -0.3 is 32.8 Å². The summed E-state index contributed by atoms with van der Waals surface area (Å²) in [6.07, 6.45) is 0. The van der Waals surface area contributed by atoms with E-state index in [-0.39, 0.29) is 35.4 Å². The Bertz CT molecular complexity index is 817. The van der Waals surface area contributed by atoms with E-state index in [2.05, 4.69) is 0 Å². The molecule has 0 saturated heterocycles.